The van der Waals surface area contributed by atoms with Gasteiger partial charge in [0.1, 0.15) is 0 Å². The monoisotopic (exact) mass is 615 g/mol. The number of hydrogen-bond acceptors (Lipinski definition) is 0. The predicted octanol–water partition coefficient (Wildman–Crippen LogP) is -4.74. The zero-order valence-corrected chi connectivity index (χ0v) is 15.9. The Kier molecular flexibility index (Phi) is 285. The van der Waals surface area contributed by atoms with Gasteiger partial charge in [0.25, 0.3) is 0 Å². The van der Waals surface area contributed by atoms with Gasteiger partial charge in [-0.15, -0.1) is 0 Å². The molecule has 0 saturated carbocycles. The van der Waals surface area contributed by atoms with Crippen LogP contribution >= 0.6 is 0 Å². The molecule has 0 amide bonds. The first-order chi connectivity index (χ1) is 0. The van der Waals surface area contributed by atoms with Crippen LogP contribution in [0.3, 0.4) is 0 Å². The normalized spacial score (nSPS) is 0. The van der Waals surface area contributed by atoms with E-state index in [1.54, 1.807) is 0 Å². The topological polar surface area (TPSA) is 0 Å². The molecule has 0 aliphatic heterocycles. The predicted molar refractivity (Wildman–Crippen MR) is 39.8 cm³/mol. The zero-order chi connectivity index (χ0) is 0. The molecule has 0 fully saturated rings. The van der Waals surface area contributed by atoms with Crippen molar-refractivity contribution in [2.75, 3.05) is 0 Å². The standard InChI is InChI=1S/Al.Cu.Pb.Sb.Sn.Zn.12H. The van der Waals surface area contributed by atoms with Crippen LogP contribution in [0.1, 0.15) is 0 Å². The smallest absolute Gasteiger partial charge is 0 e. The average Bonchev–Trinajstić information content (AvgIpc) is 0. The Morgan fingerprint density at radius 3 is 1.00 bits per heavy atom. The fourth-order valence-corrected chi connectivity index (χ4v) is 0. The van der Waals surface area contributed by atoms with Crippen LogP contribution in [0.5, 0.6) is 0 Å². The number of rotatable bonds is 0. The van der Waals surface area contributed by atoms with Gasteiger partial charge in [-0.25, -0.2) is 0 Å². The molecular formula is H12AlCuPbSbSnZn. The second kappa shape index (κ2) is 35.0. The molecule has 0 aromatic carbocycles. The van der Waals surface area contributed by atoms with E-state index in [-0.39, 0.29) is 130 Å². The maximum Gasteiger partial charge on any atom is 0 e. The van der Waals surface area contributed by atoms with Crippen LogP contribution in [0.4, 0.5) is 0 Å². The quantitative estimate of drug-likeness (QED) is 0.241. The maximum atomic E-state index is 0. The first-order valence-electron chi connectivity index (χ1n) is 0. The van der Waals surface area contributed by atoms with E-state index in [0.717, 1.165) is 0 Å². The summed E-state index contributed by atoms with van der Waals surface area (Å²) in [5.41, 5.74) is 0. The summed E-state index contributed by atoms with van der Waals surface area (Å²) in [6.45, 7) is 0. The molecule has 0 unspecified atom stereocenters. The molecule has 0 spiro atoms. The van der Waals surface area contributed by atoms with Crippen LogP contribution in [-0.4, -0.2) is 93.0 Å². The SMILES string of the molecule is [AlH3].[Cu].[PbH2].[SbH3].[SnH4].[Zn]. The van der Waals surface area contributed by atoms with Gasteiger partial charge >= 0.3 is 75.6 Å². The van der Waals surface area contributed by atoms with E-state index in [1.165, 1.54) is 0 Å². The van der Waals surface area contributed by atoms with Gasteiger partial charge in [0.05, 0.1) is 0 Å². The molecule has 0 bridgehead atoms. The molecule has 0 aromatic heterocycles. The van der Waals surface area contributed by atoms with E-state index in [0.29, 0.717) is 0 Å². The molecule has 0 nitrogen and oxygen atoms in total. The van der Waals surface area contributed by atoms with E-state index in [9.17, 15) is 0 Å². The summed E-state index contributed by atoms with van der Waals surface area (Å²) in [4.78, 5) is 0. The first kappa shape index (κ1) is 48.8. The van der Waals surface area contributed by atoms with Crippen LogP contribution in [0.25, 0.3) is 0 Å². The van der Waals surface area contributed by atoms with E-state index in [1.807, 2.05) is 0 Å². The zero-order valence-electron chi connectivity index (χ0n) is 2.42. The molecule has 41 valence electrons. The molecule has 6 heavy (non-hydrogen) atoms. The molecular weight excluding hydrogens is 604 g/mol. The Hall–Kier alpha value is 4.21. The van der Waals surface area contributed by atoms with Crippen LogP contribution in [0.2, 0.25) is 0 Å². The fraction of sp³-hybridized carbons (Fsp3) is 0. The van der Waals surface area contributed by atoms with Crippen LogP contribution in [0.15, 0.2) is 0 Å². The molecule has 3 radical (unpaired) electrons. The third kappa shape index (κ3) is 24.1. The molecule has 6 heteroatoms. The summed E-state index contributed by atoms with van der Waals surface area (Å²) in [7, 11) is 0. The Morgan fingerprint density at radius 2 is 1.00 bits per heavy atom. The Labute approximate surface area is 127 Å². The van der Waals surface area contributed by atoms with Crippen molar-refractivity contribution in [3.05, 3.63) is 0 Å². The molecule has 0 saturated heterocycles. The van der Waals surface area contributed by atoms with Crippen LogP contribution in [0, 0.1) is 0 Å². The summed E-state index contributed by atoms with van der Waals surface area (Å²) in [6, 6.07) is 0. The third-order valence-electron chi connectivity index (χ3n) is 0. The van der Waals surface area contributed by atoms with Crippen molar-refractivity contribution in [1.82, 2.24) is 0 Å². The van der Waals surface area contributed by atoms with Gasteiger partial charge in [-0.2, -0.15) is 0 Å². The van der Waals surface area contributed by atoms with Gasteiger partial charge in [0.15, 0.2) is 17.4 Å². The third-order valence-corrected chi connectivity index (χ3v) is 0. The van der Waals surface area contributed by atoms with Gasteiger partial charge in [-0.3, -0.25) is 0 Å². The minimum absolute atomic E-state index is 0. The Bertz CT molecular complexity index is 15.5. The van der Waals surface area contributed by atoms with Crippen molar-refractivity contribution < 1.29 is 36.5 Å². The van der Waals surface area contributed by atoms with E-state index >= 15 is 0 Å². The molecule has 0 atom stereocenters. The molecule has 0 heterocycles. The van der Waals surface area contributed by atoms with Crippen molar-refractivity contribution >= 4 is 93.0 Å². The molecule has 0 rings (SSSR count). The summed E-state index contributed by atoms with van der Waals surface area (Å²) >= 11 is 0. The second-order valence-corrected chi connectivity index (χ2v) is 0. The van der Waals surface area contributed by atoms with E-state index in [4.69, 9.17) is 0 Å². The van der Waals surface area contributed by atoms with Gasteiger partial charge in [0.2, 0.25) is 0 Å². The minimum atomic E-state index is 0. The van der Waals surface area contributed by atoms with Crippen molar-refractivity contribution in [1.29, 1.82) is 0 Å². The van der Waals surface area contributed by atoms with Crippen molar-refractivity contribution in [2.24, 2.45) is 0 Å². The maximum absolute atomic E-state index is 0. The summed E-state index contributed by atoms with van der Waals surface area (Å²) in [5, 5.41) is 0. The van der Waals surface area contributed by atoms with Crippen molar-refractivity contribution in [3.63, 3.8) is 0 Å². The van der Waals surface area contributed by atoms with E-state index < -0.39 is 0 Å². The molecule has 0 aliphatic rings. The molecule has 0 N–H and O–H groups in total. The summed E-state index contributed by atoms with van der Waals surface area (Å²) in [5.74, 6) is 0. The van der Waals surface area contributed by atoms with Crippen LogP contribution in [-0.2, 0) is 36.5 Å². The average molecular weight is 616 g/mol. The number of hydrogen-bond donors (Lipinski definition) is 0. The van der Waals surface area contributed by atoms with E-state index in [2.05, 4.69) is 0 Å². The summed E-state index contributed by atoms with van der Waals surface area (Å²) in [6.07, 6.45) is 0. The molecule has 0 aromatic rings. The van der Waals surface area contributed by atoms with Gasteiger partial charge in [-0.1, -0.05) is 0 Å². The minimum Gasteiger partial charge on any atom is 0 e. The Balaban J connectivity index is 0. The first-order valence-corrected chi connectivity index (χ1v) is 0. The van der Waals surface area contributed by atoms with Crippen molar-refractivity contribution in [2.45, 2.75) is 0 Å². The second-order valence-electron chi connectivity index (χ2n) is 0. The van der Waals surface area contributed by atoms with Crippen LogP contribution < -0.4 is 0 Å². The molecule has 0 aliphatic carbocycles. The Morgan fingerprint density at radius 1 is 1.00 bits per heavy atom. The van der Waals surface area contributed by atoms with Gasteiger partial charge < -0.3 is 0 Å². The van der Waals surface area contributed by atoms with Gasteiger partial charge in [0, 0.05) is 36.5 Å². The summed E-state index contributed by atoms with van der Waals surface area (Å²) < 4.78 is 0. The largest absolute Gasteiger partial charge is 0 e. The van der Waals surface area contributed by atoms with Crippen molar-refractivity contribution in [3.8, 4) is 0 Å². The fourth-order valence-electron chi connectivity index (χ4n) is 0. The van der Waals surface area contributed by atoms with Gasteiger partial charge in [-0.05, 0) is 0 Å².